The standard InChI is InChI=1S/C10H8ClFN2/c1-6-9(11)10(14-13-6)7-3-2-4-8(12)5-7/h2-5H,1H3,(H,13,14). The summed E-state index contributed by atoms with van der Waals surface area (Å²) in [5, 5.41) is 7.29. The van der Waals surface area contributed by atoms with Gasteiger partial charge in [-0.05, 0) is 19.1 Å². The Morgan fingerprint density at radius 2 is 2.21 bits per heavy atom. The lowest BCUT2D eigenvalue weighted by Gasteiger charge is -1.96. The van der Waals surface area contributed by atoms with E-state index in [0.29, 0.717) is 16.3 Å². The minimum absolute atomic E-state index is 0.292. The number of halogens is 2. The third-order valence-electron chi connectivity index (χ3n) is 1.97. The first kappa shape index (κ1) is 9.21. The molecule has 0 saturated heterocycles. The highest BCUT2D eigenvalue weighted by atomic mass is 35.5. The summed E-state index contributed by atoms with van der Waals surface area (Å²) in [5.74, 6) is -0.292. The van der Waals surface area contributed by atoms with Crippen molar-refractivity contribution in [2.75, 3.05) is 0 Å². The average Bonchev–Trinajstić information content (AvgIpc) is 2.48. The van der Waals surface area contributed by atoms with Gasteiger partial charge in [0, 0.05) is 5.56 Å². The van der Waals surface area contributed by atoms with Gasteiger partial charge >= 0.3 is 0 Å². The van der Waals surface area contributed by atoms with Gasteiger partial charge in [-0.1, -0.05) is 23.7 Å². The molecule has 4 heteroatoms. The number of H-pyrrole nitrogens is 1. The molecule has 1 N–H and O–H groups in total. The lowest BCUT2D eigenvalue weighted by atomic mass is 10.1. The summed E-state index contributed by atoms with van der Waals surface area (Å²) in [5.41, 5.74) is 2.05. The zero-order valence-electron chi connectivity index (χ0n) is 7.51. The number of aromatic amines is 1. The van der Waals surface area contributed by atoms with Crippen molar-refractivity contribution >= 4 is 11.6 Å². The van der Waals surface area contributed by atoms with Gasteiger partial charge in [-0.25, -0.2) is 4.39 Å². The highest BCUT2D eigenvalue weighted by Crippen LogP contribution is 2.27. The van der Waals surface area contributed by atoms with Crippen LogP contribution in [0.2, 0.25) is 5.02 Å². The molecule has 0 saturated carbocycles. The SMILES string of the molecule is Cc1[nH]nc(-c2cccc(F)c2)c1Cl. The number of nitrogens with zero attached hydrogens (tertiary/aromatic N) is 1. The molecule has 0 aliphatic rings. The van der Waals surface area contributed by atoms with Crippen LogP contribution in [0.4, 0.5) is 4.39 Å². The molecular formula is C10H8ClFN2. The Balaban J connectivity index is 2.55. The Bertz CT molecular complexity index is 465. The highest BCUT2D eigenvalue weighted by molar-refractivity contribution is 6.33. The van der Waals surface area contributed by atoms with E-state index in [4.69, 9.17) is 11.6 Å². The lowest BCUT2D eigenvalue weighted by molar-refractivity contribution is 0.628. The molecule has 14 heavy (non-hydrogen) atoms. The Labute approximate surface area is 85.7 Å². The van der Waals surface area contributed by atoms with Crippen molar-refractivity contribution in [3.8, 4) is 11.3 Å². The summed E-state index contributed by atoms with van der Waals surface area (Å²) in [6.07, 6.45) is 0. The Morgan fingerprint density at radius 3 is 2.79 bits per heavy atom. The largest absolute Gasteiger partial charge is 0.281 e. The van der Waals surface area contributed by atoms with Gasteiger partial charge in [0.2, 0.25) is 0 Å². The molecule has 1 aromatic heterocycles. The van der Waals surface area contributed by atoms with Crippen LogP contribution in [0.1, 0.15) is 5.69 Å². The molecule has 0 amide bonds. The van der Waals surface area contributed by atoms with E-state index in [1.807, 2.05) is 6.92 Å². The molecule has 2 aromatic rings. The van der Waals surface area contributed by atoms with Gasteiger partial charge in [0.15, 0.2) is 0 Å². The van der Waals surface area contributed by atoms with Crippen LogP contribution < -0.4 is 0 Å². The van der Waals surface area contributed by atoms with Crippen molar-refractivity contribution in [3.63, 3.8) is 0 Å². The molecule has 72 valence electrons. The lowest BCUT2D eigenvalue weighted by Crippen LogP contribution is -1.80. The van der Waals surface area contributed by atoms with Gasteiger partial charge in [-0.3, -0.25) is 5.10 Å². The van der Waals surface area contributed by atoms with E-state index in [9.17, 15) is 4.39 Å². The van der Waals surface area contributed by atoms with Crippen LogP contribution in [-0.2, 0) is 0 Å². The maximum Gasteiger partial charge on any atom is 0.123 e. The molecule has 0 unspecified atom stereocenters. The Morgan fingerprint density at radius 1 is 1.43 bits per heavy atom. The quantitative estimate of drug-likeness (QED) is 0.770. The normalized spacial score (nSPS) is 10.5. The van der Waals surface area contributed by atoms with Gasteiger partial charge < -0.3 is 0 Å². The van der Waals surface area contributed by atoms with Gasteiger partial charge in [-0.2, -0.15) is 5.10 Å². The molecule has 0 fully saturated rings. The number of aromatic nitrogens is 2. The molecule has 1 aromatic carbocycles. The summed E-state index contributed by atoms with van der Waals surface area (Å²) < 4.78 is 12.9. The van der Waals surface area contributed by atoms with Crippen LogP contribution in [0.15, 0.2) is 24.3 Å². The second-order valence-corrected chi connectivity index (χ2v) is 3.40. The number of rotatable bonds is 1. The molecule has 0 aliphatic carbocycles. The Hall–Kier alpha value is -1.35. The number of benzene rings is 1. The van der Waals surface area contributed by atoms with Crippen molar-refractivity contribution in [2.24, 2.45) is 0 Å². The molecule has 0 radical (unpaired) electrons. The first-order chi connectivity index (χ1) is 6.68. The maximum atomic E-state index is 12.9. The van der Waals surface area contributed by atoms with Crippen molar-refractivity contribution in [1.82, 2.24) is 10.2 Å². The molecule has 0 bridgehead atoms. The van der Waals surface area contributed by atoms with Crippen LogP contribution in [-0.4, -0.2) is 10.2 Å². The summed E-state index contributed by atoms with van der Waals surface area (Å²) in [6.45, 7) is 1.82. The molecule has 0 atom stereocenters. The summed E-state index contributed by atoms with van der Waals surface area (Å²) >= 11 is 5.98. The summed E-state index contributed by atoms with van der Waals surface area (Å²) in [4.78, 5) is 0. The molecular weight excluding hydrogens is 203 g/mol. The van der Waals surface area contributed by atoms with Crippen LogP contribution >= 0.6 is 11.6 Å². The van der Waals surface area contributed by atoms with E-state index in [0.717, 1.165) is 5.69 Å². The van der Waals surface area contributed by atoms with Crippen molar-refractivity contribution < 1.29 is 4.39 Å². The van der Waals surface area contributed by atoms with Gasteiger partial charge in [0.05, 0.1) is 10.7 Å². The monoisotopic (exact) mass is 210 g/mol. The van der Waals surface area contributed by atoms with Crippen LogP contribution in [0.25, 0.3) is 11.3 Å². The zero-order chi connectivity index (χ0) is 10.1. The third kappa shape index (κ3) is 1.51. The minimum Gasteiger partial charge on any atom is -0.281 e. The van der Waals surface area contributed by atoms with E-state index in [1.165, 1.54) is 12.1 Å². The van der Waals surface area contributed by atoms with Crippen molar-refractivity contribution in [2.45, 2.75) is 6.92 Å². The van der Waals surface area contributed by atoms with Crippen molar-refractivity contribution in [1.29, 1.82) is 0 Å². The van der Waals surface area contributed by atoms with Crippen LogP contribution in [0, 0.1) is 12.7 Å². The Kier molecular flexibility index (Phi) is 2.25. The maximum absolute atomic E-state index is 12.9. The van der Waals surface area contributed by atoms with E-state index in [-0.39, 0.29) is 5.82 Å². The fraction of sp³-hybridized carbons (Fsp3) is 0.100. The van der Waals surface area contributed by atoms with Gasteiger partial charge in [0.1, 0.15) is 11.5 Å². The first-order valence-corrected chi connectivity index (χ1v) is 4.52. The van der Waals surface area contributed by atoms with E-state index < -0.39 is 0 Å². The average molecular weight is 211 g/mol. The van der Waals surface area contributed by atoms with E-state index in [2.05, 4.69) is 10.2 Å². The van der Waals surface area contributed by atoms with E-state index in [1.54, 1.807) is 12.1 Å². The van der Waals surface area contributed by atoms with Crippen LogP contribution in [0.3, 0.4) is 0 Å². The van der Waals surface area contributed by atoms with E-state index >= 15 is 0 Å². The highest BCUT2D eigenvalue weighted by Gasteiger charge is 2.09. The fourth-order valence-electron chi connectivity index (χ4n) is 1.24. The number of hydrogen-bond acceptors (Lipinski definition) is 1. The second-order valence-electron chi connectivity index (χ2n) is 3.02. The molecule has 1 heterocycles. The summed E-state index contributed by atoms with van der Waals surface area (Å²) in [6, 6.07) is 6.19. The predicted octanol–water partition coefficient (Wildman–Crippen LogP) is 3.18. The molecule has 0 aliphatic heterocycles. The fourth-order valence-corrected chi connectivity index (χ4v) is 1.44. The number of hydrogen-bond donors (Lipinski definition) is 1. The summed E-state index contributed by atoms with van der Waals surface area (Å²) in [7, 11) is 0. The zero-order valence-corrected chi connectivity index (χ0v) is 8.27. The van der Waals surface area contributed by atoms with Gasteiger partial charge in [0.25, 0.3) is 0 Å². The van der Waals surface area contributed by atoms with Crippen molar-refractivity contribution in [3.05, 3.63) is 40.8 Å². The third-order valence-corrected chi connectivity index (χ3v) is 2.43. The molecule has 2 nitrogen and oxygen atoms in total. The number of aryl methyl sites for hydroxylation is 1. The smallest absolute Gasteiger partial charge is 0.123 e. The first-order valence-electron chi connectivity index (χ1n) is 4.15. The number of nitrogens with one attached hydrogen (secondary N) is 1. The van der Waals surface area contributed by atoms with Crippen LogP contribution in [0.5, 0.6) is 0 Å². The minimum atomic E-state index is -0.292. The van der Waals surface area contributed by atoms with Gasteiger partial charge in [-0.15, -0.1) is 0 Å². The molecule has 2 rings (SSSR count). The molecule has 0 spiro atoms. The second kappa shape index (κ2) is 3.42. The predicted molar refractivity (Wildman–Crippen MR) is 53.7 cm³/mol. The topological polar surface area (TPSA) is 28.7 Å².